The first kappa shape index (κ1) is 14.2. The average molecular weight is 290 g/mol. The first-order valence-corrected chi connectivity index (χ1v) is 7.65. The van der Waals surface area contributed by atoms with Gasteiger partial charge in [-0.05, 0) is 31.5 Å². The van der Waals surface area contributed by atoms with Crippen LogP contribution in [0.2, 0.25) is 0 Å². The number of amides is 1. The van der Waals surface area contributed by atoms with Crippen LogP contribution in [0, 0.1) is 5.41 Å². The van der Waals surface area contributed by atoms with Crippen LogP contribution in [-0.4, -0.2) is 32.2 Å². The summed E-state index contributed by atoms with van der Waals surface area (Å²) < 4.78 is 11.3. The third-order valence-electron chi connectivity index (χ3n) is 4.41. The fraction of sp³-hybridized carbons (Fsp3) is 0.562. The Labute approximate surface area is 125 Å². The van der Waals surface area contributed by atoms with E-state index in [1.807, 2.05) is 18.2 Å². The molecule has 0 bridgehead atoms. The zero-order valence-corrected chi connectivity index (χ0v) is 12.4. The topological polar surface area (TPSA) is 59.6 Å². The molecule has 1 fully saturated rings. The van der Waals surface area contributed by atoms with Crippen molar-refractivity contribution in [2.24, 2.45) is 5.41 Å². The van der Waals surface area contributed by atoms with Crippen molar-refractivity contribution in [1.82, 2.24) is 5.32 Å². The third-order valence-corrected chi connectivity index (χ3v) is 4.41. The second kappa shape index (κ2) is 5.93. The van der Waals surface area contributed by atoms with Gasteiger partial charge < -0.3 is 20.1 Å². The molecule has 0 spiro atoms. The number of anilines is 1. The highest BCUT2D eigenvalue weighted by Gasteiger charge is 2.39. The van der Waals surface area contributed by atoms with Crippen molar-refractivity contribution in [2.75, 3.05) is 31.6 Å². The molecule has 2 aliphatic heterocycles. The lowest BCUT2D eigenvalue weighted by Gasteiger charge is -2.25. The summed E-state index contributed by atoms with van der Waals surface area (Å²) in [4.78, 5) is 12.6. The molecule has 3 rings (SSSR count). The van der Waals surface area contributed by atoms with Crippen molar-refractivity contribution >= 4 is 11.6 Å². The molecule has 2 N–H and O–H groups in total. The quantitative estimate of drug-likeness (QED) is 0.896. The van der Waals surface area contributed by atoms with Crippen molar-refractivity contribution in [3.8, 4) is 11.5 Å². The largest absolute Gasteiger partial charge is 0.490 e. The predicted molar refractivity (Wildman–Crippen MR) is 80.9 cm³/mol. The van der Waals surface area contributed by atoms with Crippen LogP contribution in [0.3, 0.4) is 0 Å². The van der Waals surface area contributed by atoms with E-state index in [0.29, 0.717) is 19.0 Å². The molecule has 0 saturated carbocycles. The fourth-order valence-electron chi connectivity index (χ4n) is 2.90. The lowest BCUT2D eigenvalue weighted by Crippen LogP contribution is -2.37. The molecular formula is C16H22N2O3. The van der Waals surface area contributed by atoms with E-state index < -0.39 is 0 Å². The van der Waals surface area contributed by atoms with Crippen LogP contribution in [0.1, 0.15) is 26.2 Å². The average Bonchev–Trinajstić information content (AvgIpc) is 2.88. The summed E-state index contributed by atoms with van der Waals surface area (Å²) in [6.45, 7) is 5.04. The van der Waals surface area contributed by atoms with Gasteiger partial charge in [0.1, 0.15) is 0 Å². The Balaban J connectivity index is 1.75. The highest BCUT2D eigenvalue weighted by Crippen LogP contribution is 2.34. The third kappa shape index (κ3) is 2.83. The molecule has 114 valence electrons. The molecule has 0 aromatic heterocycles. The molecule has 21 heavy (non-hydrogen) atoms. The maximum absolute atomic E-state index is 12.6. The summed E-state index contributed by atoms with van der Waals surface area (Å²) >= 11 is 0. The first-order valence-electron chi connectivity index (χ1n) is 7.65. The van der Waals surface area contributed by atoms with Gasteiger partial charge in [-0.3, -0.25) is 4.79 Å². The minimum atomic E-state index is -0.288. The summed E-state index contributed by atoms with van der Waals surface area (Å²) in [5.74, 6) is 1.54. The molecule has 5 nitrogen and oxygen atoms in total. The van der Waals surface area contributed by atoms with Crippen LogP contribution >= 0.6 is 0 Å². The number of carbonyl (C=O) groups excluding carboxylic acids is 1. The van der Waals surface area contributed by atoms with E-state index in [1.165, 1.54) is 0 Å². The van der Waals surface area contributed by atoms with E-state index in [2.05, 4.69) is 17.6 Å². The van der Waals surface area contributed by atoms with E-state index >= 15 is 0 Å². The van der Waals surface area contributed by atoms with Gasteiger partial charge in [-0.25, -0.2) is 0 Å². The van der Waals surface area contributed by atoms with Crippen LogP contribution in [0.5, 0.6) is 11.5 Å². The molecule has 1 unspecified atom stereocenters. The Bertz CT molecular complexity index is 524. The van der Waals surface area contributed by atoms with Gasteiger partial charge in [0.15, 0.2) is 11.5 Å². The van der Waals surface area contributed by atoms with Gasteiger partial charge in [0.2, 0.25) is 5.91 Å². The number of hydrogen-bond acceptors (Lipinski definition) is 4. The summed E-state index contributed by atoms with van der Waals surface area (Å²) in [6, 6.07) is 5.59. The molecule has 2 heterocycles. The van der Waals surface area contributed by atoms with Gasteiger partial charge in [0.25, 0.3) is 0 Å². The monoisotopic (exact) mass is 290 g/mol. The summed E-state index contributed by atoms with van der Waals surface area (Å²) in [5, 5.41) is 6.32. The standard InChI is InChI=1S/C16H22N2O3/c1-2-16(6-7-17-11-16)15(19)18-12-4-5-13-14(10-12)21-9-3-8-20-13/h4-5,10,17H,2-3,6-9,11H2,1H3,(H,18,19). The molecule has 0 radical (unpaired) electrons. The van der Waals surface area contributed by atoms with Gasteiger partial charge in [-0.2, -0.15) is 0 Å². The van der Waals surface area contributed by atoms with Crippen molar-refractivity contribution in [3.63, 3.8) is 0 Å². The highest BCUT2D eigenvalue weighted by atomic mass is 16.5. The normalized spacial score (nSPS) is 24.4. The SMILES string of the molecule is CCC1(C(=O)Nc2ccc3c(c2)OCCCO3)CCNC1. The van der Waals surface area contributed by atoms with E-state index in [4.69, 9.17) is 9.47 Å². The van der Waals surface area contributed by atoms with E-state index in [0.717, 1.165) is 43.8 Å². The van der Waals surface area contributed by atoms with Gasteiger partial charge in [-0.15, -0.1) is 0 Å². The van der Waals surface area contributed by atoms with Gasteiger partial charge in [-0.1, -0.05) is 6.92 Å². The number of rotatable bonds is 3. The van der Waals surface area contributed by atoms with Crippen molar-refractivity contribution < 1.29 is 14.3 Å². The van der Waals surface area contributed by atoms with Crippen LogP contribution in [0.15, 0.2) is 18.2 Å². The number of carbonyl (C=O) groups is 1. The van der Waals surface area contributed by atoms with E-state index in [9.17, 15) is 4.79 Å². The molecular weight excluding hydrogens is 268 g/mol. The minimum Gasteiger partial charge on any atom is -0.490 e. The summed E-state index contributed by atoms with van der Waals surface area (Å²) in [6.07, 6.45) is 2.61. The Morgan fingerprint density at radius 1 is 1.33 bits per heavy atom. The number of benzene rings is 1. The minimum absolute atomic E-state index is 0.0875. The van der Waals surface area contributed by atoms with E-state index in [1.54, 1.807) is 0 Å². The Morgan fingerprint density at radius 2 is 2.14 bits per heavy atom. The Hall–Kier alpha value is -1.75. The molecule has 1 aromatic carbocycles. The van der Waals surface area contributed by atoms with E-state index in [-0.39, 0.29) is 11.3 Å². The lowest BCUT2D eigenvalue weighted by atomic mass is 9.83. The zero-order valence-electron chi connectivity index (χ0n) is 12.4. The molecule has 1 atom stereocenters. The molecule has 1 amide bonds. The Kier molecular flexibility index (Phi) is 4.01. The molecule has 1 aromatic rings. The number of nitrogens with one attached hydrogen (secondary N) is 2. The maximum Gasteiger partial charge on any atom is 0.231 e. The molecule has 0 aliphatic carbocycles. The first-order chi connectivity index (χ1) is 10.2. The van der Waals surface area contributed by atoms with Crippen molar-refractivity contribution in [2.45, 2.75) is 26.2 Å². The molecule has 1 saturated heterocycles. The second-order valence-corrected chi connectivity index (χ2v) is 5.73. The summed E-state index contributed by atoms with van der Waals surface area (Å²) in [7, 11) is 0. The lowest BCUT2D eigenvalue weighted by molar-refractivity contribution is -0.124. The number of ether oxygens (including phenoxy) is 2. The van der Waals surface area contributed by atoms with Gasteiger partial charge >= 0.3 is 0 Å². The van der Waals surface area contributed by atoms with Crippen LogP contribution in [0.4, 0.5) is 5.69 Å². The van der Waals surface area contributed by atoms with Crippen LogP contribution in [0.25, 0.3) is 0 Å². The zero-order chi connectivity index (χ0) is 14.7. The van der Waals surface area contributed by atoms with Crippen molar-refractivity contribution in [1.29, 1.82) is 0 Å². The smallest absolute Gasteiger partial charge is 0.231 e. The molecule has 2 aliphatic rings. The number of hydrogen-bond donors (Lipinski definition) is 2. The highest BCUT2D eigenvalue weighted by molar-refractivity contribution is 5.96. The fourth-order valence-corrected chi connectivity index (χ4v) is 2.90. The van der Waals surface area contributed by atoms with Gasteiger partial charge in [0.05, 0.1) is 18.6 Å². The number of fused-ring (bicyclic) bond motifs is 1. The Morgan fingerprint density at radius 3 is 2.86 bits per heavy atom. The predicted octanol–water partition coefficient (Wildman–Crippen LogP) is 2.18. The van der Waals surface area contributed by atoms with Crippen LogP contribution in [-0.2, 0) is 4.79 Å². The van der Waals surface area contributed by atoms with Gasteiger partial charge in [0, 0.05) is 24.7 Å². The summed E-state index contributed by atoms with van der Waals surface area (Å²) in [5.41, 5.74) is 0.480. The second-order valence-electron chi connectivity index (χ2n) is 5.73. The molecule has 5 heteroatoms. The maximum atomic E-state index is 12.6. The van der Waals surface area contributed by atoms with Crippen LogP contribution < -0.4 is 20.1 Å². The van der Waals surface area contributed by atoms with Crippen molar-refractivity contribution in [3.05, 3.63) is 18.2 Å².